The van der Waals surface area contributed by atoms with Crippen molar-refractivity contribution >= 4 is 46.6 Å². The Kier molecular flexibility index (Phi) is 4.51. The summed E-state index contributed by atoms with van der Waals surface area (Å²) in [4.78, 5) is 9.17. The number of rotatable bonds is 3. The third-order valence-corrected chi connectivity index (χ3v) is 3.50. The lowest BCUT2D eigenvalue weighted by Gasteiger charge is -2.02. The van der Waals surface area contributed by atoms with E-state index in [4.69, 9.17) is 34.8 Å². The standard InChI is InChI=1S/C11H7Cl3N2S/c12-6-7-1-3-8(4-2-7)17-11-15-9(13)5-10(14)16-11/h1-5H,6H2. The summed E-state index contributed by atoms with van der Waals surface area (Å²) < 4.78 is 0. The van der Waals surface area contributed by atoms with E-state index in [1.807, 2.05) is 24.3 Å². The minimum atomic E-state index is 0.338. The summed E-state index contributed by atoms with van der Waals surface area (Å²) in [5.41, 5.74) is 1.07. The second-order valence-electron chi connectivity index (χ2n) is 3.18. The molecule has 1 aromatic carbocycles. The van der Waals surface area contributed by atoms with Crippen molar-refractivity contribution in [3.05, 3.63) is 46.2 Å². The fourth-order valence-corrected chi connectivity index (χ4v) is 2.64. The molecule has 0 radical (unpaired) electrons. The number of hydrogen-bond donors (Lipinski definition) is 0. The normalized spacial score (nSPS) is 10.5. The third-order valence-electron chi connectivity index (χ3n) is 1.93. The van der Waals surface area contributed by atoms with Crippen molar-refractivity contribution in [1.82, 2.24) is 9.97 Å². The second-order valence-corrected chi connectivity index (χ2v) is 5.26. The number of alkyl halides is 1. The van der Waals surface area contributed by atoms with Gasteiger partial charge >= 0.3 is 0 Å². The number of aromatic nitrogens is 2. The molecule has 0 aliphatic heterocycles. The van der Waals surface area contributed by atoms with Gasteiger partial charge in [-0.25, -0.2) is 9.97 Å². The summed E-state index contributed by atoms with van der Waals surface area (Å²) >= 11 is 18.7. The van der Waals surface area contributed by atoms with Crippen LogP contribution >= 0.6 is 46.6 Å². The quantitative estimate of drug-likeness (QED) is 0.468. The summed E-state index contributed by atoms with van der Waals surface area (Å²) in [6, 6.07) is 9.34. The van der Waals surface area contributed by atoms with Gasteiger partial charge in [0, 0.05) is 16.8 Å². The van der Waals surface area contributed by atoms with Crippen molar-refractivity contribution in [1.29, 1.82) is 0 Å². The zero-order valence-electron chi connectivity index (χ0n) is 8.53. The van der Waals surface area contributed by atoms with Gasteiger partial charge < -0.3 is 0 Å². The van der Waals surface area contributed by atoms with Gasteiger partial charge in [-0.1, -0.05) is 35.3 Å². The Bertz CT molecular complexity index is 496. The minimum Gasteiger partial charge on any atom is -0.210 e. The monoisotopic (exact) mass is 304 g/mol. The molecule has 0 fully saturated rings. The van der Waals surface area contributed by atoms with Crippen molar-refractivity contribution in [2.24, 2.45) is 0 Å². The lowest BCUT2D eigenvalue weighted by molar-refractivity contribution is 0.968. The van der Waals surface area contributed by atoms with Crippen LogP contribution in [0, 0.1) is 0 Å². The van der Waals surface area contributed by atoms with Crippen LogP contribution in [0.5, 0.6) is 0 Å². The summed E-state index contributed by atoms with van der Waals surface area (Å²) in [6.45, 7) is 0. The van der Waals surface area contributed by atoms with Crippen LogP contribution in [0.2, 0.25) is 10.3 Å². The lowest BCUT2D eigenvalue weighted by atomic mass is 10.2. The number of benzene rings is 1. The summed E-state index contributed by atoms with van der Waals surface area (Å²) in [6.07, 6.45) is 0. The first-order valence-electron chi connectivity index (χ1n) is 4.70. The molecule has 0 saturated carbocycles. The number of nitrogens with zero attached hydrogens (tertiary/aromatic N) is 2. The Morgan fingerprint density at radius 3 is 2.12 bits per heavy atom. The Hall–Kier alpha value is -0.480. The molecule has 6 heteroatoms. The SMILES string of the molecule is ClCc1ccc(Sc2nc(Cl)cc(Cl)n2)cc1. The fraction of sp³-hybridized carbons (Fsp3) is 0.0909. The lowest BCUT2D eigenvalue weighted by Crippen LogP contribution is -1.87. The molecule has 2 nitrogen and oxygen atoms in total. The predicted molar refractivity (Wildman–Crippen MR) is 72.2 cm³/mol. The zero-order valence-corrected chi connectivity index (χ0v) is 11.6. The molecular formula is C11H7Cl3N2S. The highest BCUT2D eigenvalue weighted by atomic mass is 35.5. The minimum absolute atomic E-state index is 0.338. The maximum absolute atomic E-state index is 5.80. The van der Waals surface area contributed by atoms with Gasteiger partial charge in [0.15, 0.2) is 5.16 Å². The smallest absolute Gasteiger partial charge is 0.195 e. The van der Waals surface area contributed by atoms with Crippen LogP contribution in [0.15, 0.2) is 40.4 Å². The van der Waals surface area contributed by atoms with Crippen molar-refractivity contribution in [3.63, 3.8) is 0 Å². The predicted octanol–water partition coefficient (Wildman–Crippen LogP) is 4.67. The molecule has 17 heavy (non-hydrogen) atoms. The van der Waals surface area contributed by atoms with Crippen LogP contribution in [-0.4, -0.2) is 9.97 Å². The van der Waals surface area contributed by atoms with E-state index in [-0.39, 0.29) is 0 Å². The highest BCUT2D eigenvalue weighted by Gasteiger charge is 2.04. The maximum Gasteiger partial charge on any atom is 0.195 e. The van der Waals surface area contributed by atoms with Crippen molar-refractivity contribution < 1.29 is 0 Å². The Balaban J connectivity index is 2.19. The largest absolute Gasteiger partial charge is 0.210 e. The molecule has 1 heterocycles. The van der Waals surface area contributed by atoms with Gasteiger partial charge in [0.2, 0.25) is 0 Å². The molecule has 0 N–H and O–H groups in total. The van der Waals surface area contributed by atoms with Gasteiger partial charge in [0.25, 0.3) is 0 Å². The zero-order chi connectivity index (χ0) is 12.3. The molecule has 0 bridgehead atoms. The van der Waals surface area contributed by atoms with E-state index in [9.17, 15) is 0 Å². The highest BCUT2D eigenvalue weighted by Crippen LogP contribution is 2.27. The molecule has 0 unspecified atom stereocenters. The van der Waals surface area contributed by atoms with E-state index in [1.54, 1.807) is 0 Å². The topological polar surface area (TPSA) is 25.8 Å². The average Bonchev–Trinajstić information content (AvgIpc) is 2.28. The van der Waals surface area contributed by atoms with Gasteiger partial charge in [-0.15, -0.1) is 11.6 Å². The molecule has 0 spiro atoms. The first-order valence-corrected chi connectivity index (χ1v) is 6.81. The van der Waals surface area contributed by atoms with Gasteiger partial charge in [-0.05, 0) is 29.5 Å². The van der Waals surface area contributed by atoms with Crippen LogP contribution in [0.1, 0.15) is 5.56 Å². The van der Waals surface area contributed by atoms with Crippen molar-refractivity contribution in [3.8, 4) is 0 Å². The first-order chi connectivity index (χ1) is 8.17. The molecule has 0 amide bonds. The third kappa shape index (κ3) is 3.75. The number of halogens is 3. The van der Waals surface area contributed by atoms with Gasteiger partial charge in [-0.3, -0.25) is 0 Å². The van der Waals surface area contributed by atoms with Crippen LogP contribution in [-0.2, 0) is 5.88 Å². The summed E-state index contributed by atoms with van der Waals surface area (Å²) in [5, 5.41) is 1.20. The fourth-order valence-electron chi connectivity index (χ4n) is 1.17. The van der Waals surface area contributed by atoms with Gasteiger partial charge in [-0.2, -0.15) is 0 Å². The van der Waals surface area contributed by atoms with E-state index in [0.29, 0.717) is 21.3 Å². The van der Waals surface area contributed by atoms with E-state index in [2.05, 4.69) is 9.97 Å². The van der Waals surface area contributed by atoms with E-state index in [1.165, 1.54) is 17.8 Å². The molecule has 1 aromatic heterocycles. The van der Waals surface area contributed by atoms with E-state index >= 15 is 0 Å². The van der Waals surface area contributed by atoms with Crippen LogP contribution in [0.4, 0.5) is 0 Å². The Morgan fingerprint density at radius 1 is 1.00 bits per heavy atom. The summed E-state index contributed by atoms with van der Waals surface area (Å²) in [7, 11) is 0. The average molecular weight is 306 g/mol. The molecule has 2 aromatic rings. The van der Waals surface area contributed by atoms with Gasteiger partial charge in [0.1, 0.15) is 10.3 Å². The number of hydrogen-bond acceptors (Lipinski definition) is 3. The molecule has 0 aliphatic rings. The molecular weight excluding hydrogens is 299 g/mol. The molecule has 2 rings (SSSR count). The summed E-state index contributed by atoms with van der Waals surface area (Å²) in [5.74, 6) is 0.504. The molecule has 0 saturated heterocycles. The van der Waals surface area contributed by atoms with Crippen LogP contribution < -0.4 is 0 Å². The van der Waals surface area contributed by atoms with Crippen LogP contribution in [0.3, 0.4) is 0 Å². The molecule has 0 atom stereocenters. The highest BCUT2D eigenvalue weighted by molar-refractivity contribution is 7.99. The molecule has 88 valence electrons. The van der Waals surface area contributed by atoms with Crippen molar-refractivity contribution in [2.45, 2.75) is 15.9 Å². The van der Waals surface area contributed by atoms with E-state index < -0.39 is 0 Å². The Morgan fingerprint density at radius 2 is 1.59 bits per heavy atom. The second kappa shape index (κ2) is 5.91. The Labute approximate surface area is 118 Å². The maximum atomic E-state index is 5.80. The molecule has 0 aliphatic carbocycles. The van der Waals surface area contributed by atoms with E-state index in [0.717, 1.165) is 10.5 Å². The van der Waals surface area contributed by atoms with Crippen molar-refractivity contribution in [2.75, 3.05) is 0 Å². The first kappa shape index (κ1) is 13.0. The van der Waals surface area contributed by atoms with Gasteiger partial charge in [0.05, 0.1) is 0 Å². The van der Waals surface area contributed by atoms with Crippen LogP contribution in [0.25, 0.3) is 0 Å².